The highest BCUT2D eigenvalue weighted by atomic mass is 32.2. The highest BCUT2D eigenvalue weighted by molar-refractivity contribution is 7.89. The van der Waals surface area contributed by atoms with E-state index in [4.69, 9.17) is 0 Å². The zero-order valence-corrected chi connectivity index (χ0v) is 18.6. The van der Waals surface area contributed by atoms with E-state index >= 15 is 0 Å². The number of carbonyl (C=O) groups is 1. The van der Waals surface area contributed by atoms with Gasteiger partial charge in [-0.15, -0.1) is 0 Å². The lowest BCUT2D eigenvalue weighted by molar-refractivity contribution is -0.139. The molecule has 1 aliphatic rings. The Kier molecular flexibility index (Phi) is 7.61. The number of hydrogen-bond acceptors (Lipinski definition) is 3. The molecule has 1 saturated carbocycles. The van der Waals surface area contributed by atoms with Crippen molar-refractivity contribution >= 4 is 15.9 Å². The number of nitrogens with zero attached hydrogens (tertiary/aromatic N) is 1. The van der Waals surface area contributed by atoms with Crippen LogP contribution in [0.4, 0.5) is 13.2 Å². The van der Waals surface area contributed by atoms with Crippen LogP contribution in [0, 0.1) is 0 Å². The van der Waals surface area contributed by atoms with Crippen molar-refractivity contribution in [2.75, 3.05) is 6.54 Å². The summed E-state index contributed by atoms with van der Waals surface area (Å²) in [4.78, 5) is 11.9. The van der Waals surface area contributed by atoms with E-state index in [2.05, 4.69) is 5.32 Å². The number of rotatable bonds is 7. The Morgan fingerprint density at radius 2 is 1.62 bits per heavy atom. The smallest absolute Gasteiger partial charge is 0.352 e. The van der Waals surface area contributed by atoms with E-state index in [1.807, 2.05) is 0 Å². The molecule has 0 spiro atoms. The molecule has 2 aromatic carbocycles. The van der Waals surface area contributed by atoms with E-state index in [1.165, 1.54) is 6.07 Å². The van der Waals surface area contributed by atoms with E-state index in [0.29, 0.717) is 5.56 Å². The van der Waals surface area contributed by atoms with Gasteiger partial charge in [0.2, 0.25) is 15.9 Å². The third-order valence-corrected chi connectivity index (χ3v) is 7.74. The summed E-state index contributed by atoms with van der Waals surface area (Å²) < 4.78 is 68.6. The molecule has 1 fully saturated rings. The van der Waals surface area contributed by atoms with Gasteiger partial charge in [0.15, 0.2) is 0 Å². The first-order valence-corrected chi connectivity index (χ1v) is 12.1. The van der Waals surface area contributed by atoms with Crippen LogP contribution < -0.4 is 5.32 Å². The number of hydrogen-bond donors (Lipinski definition) is 1. The van der Waals surface area contributed by atoms with Crippen molar-refractivity contribution in [3.8, 4) is 0 Å². The summed E-state index contributed by atoms with van der Waals surface area (Å²) in [6.45, 7) is 0.998. The second kappa shape index (κ2) is 10.0. The molecule has 174 valence electrons. The molecule has 5 nitrogen and oxygen atoms in total. The summed E-state index contributed by atoms with van der Waals surface area (Å²) in [6.07, 6.45) is -0.187. The fourth-order valence-electron chi connectivity index (χ4n) is 4.04. The molecule has 1 N–H and O–H groups in total. The van der Waals surface area contributed by atoms with Gasteiger partial charge in [0.1, 0.15) is 0 Å². The second-order valence-electron chi connectivity index (χ2n) is 8.03. The first-order chi connectivity index (χ1) is 15.1. The van der Waals surface area contributed by atoms with Gasteiger partial charge >= 0.3 is 6.18 Å². The Morgan fingerprint density at radius 3 is 2.25 bits per heavy atom. The normalized spacial score (nSPS) is 16.7. The van der Waals surface area contributed by atoms with Crippen LogP contribution >= 0.6 is 0 Å². The average molecular weight is 469 g/mol. The topological polar surface area (TPSA) is 66.5 Å². The minimum Gasteiger partial charge on any atom is -0.352 e. The van der Waals surface area contributed by atoms with Crippen LogP contribution in [-0.2, 0) is 21.0 Å². The van der Waals surface area contributed by atoms with Crippen molar-refractivity contribution in [1.29, 1.82) is 0 Å². The van der Waals surface area contributed by atoms with Crippen molar-refractivity contribution in [3.05, 3.63) is 65.7 Å². The standard InChI is InChI=1S/C23H27F3N2O3S/c1-17(18-10-4-2-5-11-18)28(16-22(29)27-19-12-6-3-7-13-19)32(30,31)21-15-9-8-14-20(21)23(24,25)26/h2,4-5,8-11,14-15,17,19H,3,6-7,12-13,16H2,1H3,(H,27,29). The third-order valence-electron chi connectivity index (χ3n) is 5.76. The van der Waals surface area contributed by atoms with Crippen molar-refractivity contribution in [1.82, 2.24) is 9.62 Å². The predicted molar refractivity (Wildman–Crippen MR) is 115 cm³/mol. The van der Waals surface area contributed by atoms with Crippen molar-refractivity contribution in [2.24, 2.45) is 0 Å². The third kappa shape index (κ3) is 5.69. The fraction of sp³-hybridized carbons (Fsp3) is 0.435. The Hall–Kier alpha value is -2.39. The number of halogens is 3. The molecule has 3 rings (SSSR count). The molecule has 1 aliphatic carbocycles. The predicted octanol–water partition coefficient (Wildman–Crippen LogP) is 4.91. The van der Waals surface area contributed by atoms with Gasteiger partial charge in [-0.1, -0.05) is 61.7 Å². The molecule has 1 atom stereocenters. The highest BCUT2D eigenvalue weighted by Gasteiger charge is 2.40. The van der Waals surface area contributed by atoms with Crippen LogP contribution in [0.5, 0.6) is 0 Å². The van der Waals surface area contributed by atoms with Crippen molar-refractivity contribution in [2.45, 2.75) is 62.2 Å². The van der Waals surface area contributed by atoms with E-state index < -0.39 is 45.2 Å². The molecule has 0 heterocycles. The monoisotopic (exact) mass is 468 g/mol. The molecule has 9 heteroatoms. The summed E-state index contributed by atoms with van der Waals surface area (Å²) in [5.41, 5.74) is -0.677. The lowest BCUT2D eigenvalue weighted by atomic mass is 9.95. The van der Waals surface area contributed by atoms with Gasteiger partial charge in [0.05, 0.1) is 17.0 Å². The SMILES string of the molecule is CC(c1ccccc1)N(CC(=O)NC1CCCCC1)S(=O)(=O)c1ccccc1C(F)(F)F. The molecule has 32 heavy (non-hydrogen) atoms. The quantitative estimate of drug-likeness (QED) is 0.628. The minimum absolute atomic E-state index is 0.0460. The lowest BCUT2D eigenvalue weighted by Crippen LogP contribution is -2.45. The summed E-state index contributed by atoms with van der Waals surface area (Å²) in [5.74, 6) is -0.521. The molecular weight excluding hydrogens is 441 g/mol. The Morgan fingerprint density at radius 1 is 1.03 bits per heavy atom. The molecule has 0 aromatic heterocycles. The molecule has 2 aromatic rings. The maximum Gasteiger partial charge on any atom is 0.417 e. The van der Waals surface area contributed by atoms with Crippen LogP contribution in [-0.4, -0.2) is 31.2 Å². The van der Waals surface area contributed by atoms with Crippen molar-refractivity contribution < 1.29 is 26.4 Å². The summed E-state index contributed by atoms with van der Waals surface area (Å²) >= 11 is 0. The first-order valence-electron chi connectivity index (χ1n) is 10.6. The number of alkyl halides is 3. The minimum atomic E-state index is -4.85. The summed E-state index contributed by atoms with van der Waals surface area (Å²) in [6, 6.07) is 11.7. The molecule has 1 amide bonds. The van der Waals surface area contributed by atoms with Gasteiger partial charge < -0.3 is 5.32 Å². The maximum atomic E-state index is 13.6. The maximum absolute atomic E-state index is 13.6. The zero-order chi connectivity index (χ0) is 23.4. The number of sulfonamides is 1. The van der Waals surface area contributed by atoms with Gasteiger partial charge in [-0.3, -0.25) is 4.79 Å². The Balaban J connectivity index is 1.97. The largest absolute Gasteiger partial charge is 0.417 e. The molecular formula is C23H27F3N2O3S. The van der Waals surface area contributed by atoms with E-state index in [1.54, 1.807) is 37.3 Å². The van der Waals surface area contributed by atoms with Crippen LogP contribution in [0.1, 0.15) is 56.2 Å². The van der Waals surface area contributed by atoms with E-state index in [9.17, 15) is 26.4 Å². The molecule has 0 bridgehead atoms. The molecule has 0 saturated heterocycles. The van der Waals surface area contributed by atoms with Gasteiger partial charge in [-0.05, 0) is 37.5 Å². The van der Waals surface area contributed by atoms with Gasteiger partial charge in [0.25, 0.3) is 0 Å². The number of amides is 1. The number of benzene rings is 2. The summed E-state index contributed by atoms with van der Waals surface area (Å²) in [5, 5.41) is 2.86. The molecule has 0 radical (unpaired) electrons. The summed E-state index contributed by atoms with van der Waals surface area (Å²) in [7, 11) is -4.65. The highest BCUT2D eigenvalue weighted by Crippen LogP contribution is 2.37. The number of nitrogens with one attached hydrogen (secondary N) is 1. The van der Waals surface area contributed by atoms with Crippen LogP contribution in [0.2, 0.25) is 0 Å². The average Bonchev–Trinajstić information content (AvgIpc) is 2.77. The number of carbonyl (C=O) groups excluding carboxylic acids is 1. The molecule has 1 unspecified atom stereocenters. The Labute approximate surface area is 186 Å². The van der Waals surface area contributed by atoms with Gasteiger partial charge in [-0.25, -0.2) is 8.42 Å². The van der Waals surface area contributed by atoms with E-state index in [0.717, 1.165) is 54.6 Å². The second-order valence-corrected chi connectivity index (χ2v) is 9.89. The van der Waals surface area contributed by atoms with Crippen LogP contribution in [0.15, 0.2) is 59.5 Å². The van der Waals surface area contributed by atoms with Gasteiger partial charge in [0, 0.05) is 12.1 Å². The lowest BCUT2D eigenvalue weighted by Gasteiger charge is -2.30. The molecule has 0 aliphatic heterocycles. The van der Waals surface area contributed by atoms with E-state index in [-0.39, 0.29) is 6.04 Å². The van der Waals surface area contributed by atoms with Gasteiger partial charge in [-0.2, -0.15) is 17.5 Å². The van der Waals surface area contributed by atoms with Crippen molar-refractivity contribution in [3.63, 3.8) is 0 Å². The fourth-order valence-corrected chi connectivity index (χ4v) is 5.83. The van der Waals surface area contributed by atoms with Crippen LogP contribution in [0.3, 0.4) is 0 Å². The first kappa shape index (κ1) is 24.3. The zero-order valence-electron chi connectivity index (χ0n) is 17.8. The Bertz CT molecular complexity index is 1020. The van der Waals surface area contributed by atoms with Crippen LogP contribution in [0.25, 0.3) is 0 Å².